The van der Waals surface area contributed by atoms with Crippen LogP contribution in [0.3, 0.4) is 0 Å². The summed E-state index contributed by atoms with van der Waals surface area (Å²) in [6.07, 6.45) is -0.111. The molecule has 0 spiro atoms. The van der Waals surface area contributed by atoms with Crippen molar-refractivity contribution in [2.75, 3.05) is 21.3 Å². The summed E-state index contributed by atoms with van der Waals surface area (Å²) in [5.74, 6) is -0.398. The number of likely N-dealkylation sites (N-methyl/N-ethyl adjacent to an activating group) is 1. The van der Waals surface area contributed by atoms with Gasteiger partial charge in [-0.3, -0.25) is 4.79 Å². The molecule has 30 heavy (non-hydrogen) atoms. The minimum Gasteiger partial charge on any atom is -0.452 e. The lowest BCUT2D eigenvalue weighted by atomic mass is 10.0. The second-order valence-corrected chi connectivity index (χ2v) is 6.50. The van der Waals surface area contributed by atoms with Crippen molar-refractivity contribution in [1.29, 1.82) is 0 Å². The number of rotatable bonds is 8. The first-order valence-electron chi connectivity index (χ1n) is 8.73. The zero-order chi connectivity index (χ0) is 21.9. The number of nitrogens with one attached hydrogen (secondary N) is 1. The highest BCUT2D eigenvalue weighted by Crippen LogP contribution is 2.25. The molecule has 0 bridgehead atoms. The highest BCUT2D eigenvalue weighted by atomic mass is 35.5. The van der Waals surface area contributed by atoms with Gasteiger partial charge in [0.2, 0.25) is 0 Å². The number of carbonyl (C=O) groups is 1. The van der Waals surface area contributed by atoms with Crippen molar-refractivity contribution in [1.82, 2.24) is 5.32 Å². The van der Waals surface area contributed by atoms with Gasteiger partial charge in [0.05, 0.1) is 7.11 Å². The lowest BCUT2D eigenvalue weighted by Gasteiger charge is -2.11. The summed E-state index contributed by atoms with van der Waals surface area (Å²) in [4.78, 5) is 22.2. The Kier molecular flexibility index (Phi) is 9.24. The SMILES string of the molecule is CNC(=O)/C(=N\OC)c1ccccc1CO/N=C(\OC)OCc1c(Cl)cccc1Cl. The third-order valence-electron chi connectivity index (χ3n) is 3.83. The number of hydrogen-bond donors (Lipinski definition) is 1. The molecule has 0 saturated heterocycles. The van der Waals surface area contributed by atoms with E-state index in [1.54, 1.807) is 42.5 Å². The number of carbonyl (C=O) groups excluding carboxylic acids is 1. The van der Waals surface area contributed by atoms with E-state index in [1.807, 2.05) is 0 Å². The smallest absolute Gasteiger partial charge is 0.422 e. The fraction of sp³-hybridized carbons (Fsp3) is 0.250. The van der Waals surface area contributed by atoms with E-state index in [1.165, 1.54) is 21.3 Å². The maximum absolute atomic E-state index is 12.1. The zero-order valence-electron chi connectivity index (χ0n) is 16.6. The molecule has 0 radical (unpaired) electrons. The Morgan fingerprint density at radius 2 is 1.70 bits per heavy atom. The largest absolute Gasteiger partial charge is 0.452 e. The Hall–Kier alpha value is -2.97. The van der Waals surface area contributed by atoms with Gasteiger partial charge >= 0.3 is 6.08 Å². The number of oxime groups is 2. The molecule has 2 rings (SSSR count). The maximum atomic E-state index is 12.1. The quantitative estimate of drug-likeness (QED) is 0.373. The predicted molar refractivity (Wildman–Crippen MR) is 115 cm³/mol. The van der Waals surface area contributed by atoms with E-state index in [4.69, 9.17) is 42.4 Å². The van der Waals surface area contributed by atoms with Crippen LogP contribution >= 0.6 is 23.2 Å². The summed E-state index contributed by atoms with van der Waals surface area (Å²) in [5, 5.41) is 11.1. The lowest BCUT2D eigenvalue weighted by Crippen LogP contribution is -2.29. The van der Waals surface area contributed by atoms with Crippen molar-refractivity contribution in [3.8, 4) is 0 Å². The van der Waals surface area contributed by atoms with Crippen LogP contribution in [0.15, 0.2) is 52.8 Å². The van der Waals surface area contributed by atoms with Gasteiger partial charge in [0.1, 0.15) is 20.3 Å². The highest BCUT2D eigenvalue weighted by molar-refractivity contribution is 6.45. The Morgan fingerprint density at radius 1 is 1.00 bits per heavy atom. The van der Waals surface area contributed by atoms with Gasteiger partial charge in [-0.2, -0.15) is 0 Å². The van der Waals surface area contributed by atoms with Crippen molar-refractivity contribution in [2.45, 2.75) is 13.2 Å². The number of hydrogen-bond acceptors (Lipinski definition) is 7. The van der Waals surface area contributed by atoms with Crippen LogP contribution in [0.1, 0.15) is 16.7 Å². The molecular weight excluding hydrogens is 433 g/mol. The molecule has 160 valence electrons. The molecule has 2 aromatic carbocycles. The topological polar surface area (TPSA) is 90.7 Å². The number of halogens is 2. The molecule has 0 unspecified atom stereocenters. The summed E-state index contributed by atoms with van der Waals surface area (Å²) < 4.78 is 10.5. The van der Waals surface area contributed by atoms with Crippen LogP contribution in [0, 0.1) is 0 Å². The summed E-state index contributed by atoms with van der Waals surface area (Å²) >= 11 is 12.2. The third kappa shape index (κ3) is 6.27. The first-order chi connectivity index (χ1) is 14.5. The average molecular weight is 454 g/mol. The highest BCUT2D eigenvalue weighted by Gasteiger charge is 2.17. The maximum Gasteiger partial charge on any atom is 0.422 e. The van der Waals surface area contributed by atoms with Crippen molar-refractivity contribution in [2.24, 2.45) is 10.3 Å². The molecule has 10 heteroatoms. The number of ether oxygens (including phenoxy) is 2. The molecular formula is C20H21Cl2N3O5. The van der Waals surface area contributed by atoms with Gasteiger partial charge in [-0.25, -0.2) is 0 Å². The summed E-state index contributed by atoms with van der Waals surface area (Å²) in [5.41, 5.74) is 1.91. The van der Waals surface area contributed by atoms with E-state index in [9.17, 15) is 4.79 Å². The minimum absolute atomic E-state index is 0.0268. The van der Waals surface area contributed by atoms with Crippen LogP contribution in [0.2, 0.25) is 10.0 Å². The van der Waals surface area contributed by atoms with Crippen molar-refractivity contribution >= 4 is 40.9 Å². The Balaban J connectivity index is 2.10. The van der Waals surface area contributed by atoms with E-state index in [0.717, 1.165) is 0 Å². The van der Waals surface area contributed by atoms with Gasteiger partial charge in [0, 0.05) is 33.8 Å². The van der Waals surface area contributed by atoms with Gasteiger partial charge in [0.25, 0.3) is 5.91 Å². The van der Waals surface area contributed by atoms with E-state index in [2.05, 4.69) is 15.6 Å². The Morgan fingerprint density at radius 3 is 2.33 bits per heavy atom. The van der Waals surface area contributed by atoms with Crippen LogP contribution in [0.4, 0.5) is 0 Å². The molecule has 1 amide bonds. The van der Waals surface area contributed by atoms with Crippen LogP contribution < -0.4 is 5.32 Å². The summed E-state index contributed by atoms with van der Waals surface area (Å²) in [6, 6.07) is 12.2. The third-order valence-corrected chi connectivity index (χ3v) is 4.54. The second-order valence-electron chi connectivity index (χ2n) is 5.68. The molecule has 0 saturated carbocycles. The van der Waals surface area contributed by atoms with Crippen LogP contribution in [0.25, 0.3) is 0 Å². The molecule has 0 aliphatic heterocycles. The molecule has 0 heterocycles. The molecule has 2 aromatic rings. The Labute approximate surface area is 184 Å². The molecule has 8 nitrogen and oxygen atoms in total. The minimum atomic E-state index is -0.398. The van der Waals surface area contributed by atoms with Gasteiger partial charge in [-0.05, 0) is 17.3 Å². The number of amides is 1. The average Bonchev–Trinajstić information content (AvgIpc) is 2.75. The molecule has 0 fully saturated rings. The summed E-state index contributed by atoms with van der Waals surface area (Å²) in [6.45, 7) is 0.0748. The molecule has 1 N–H and O–H groups in total. The Bertz CT molecular complexity index is 914. The van der Waals surface area contributed by atoms with Gasteiger partial charge < -0.3 is 24.5 Å². The molecule has 0 aliphatic rings. The number of methoxy groups -OCH3 is 1. The summed E-state index contributed by atoms with van der Waals surface area (Å²) in [7, 11) is 4.25. The fourth-order valence-electron chi connectivity index (χ4n) is 2.38. The monoisotopic (exact) mass is 453 g/mol. The van der Waals surface area contributed by atoms with Gasteiger partial charge in [-0.15, -0.1) is 0 Å². The van der Waals surface area contributed by atoms with Crippen molar-refractivity contribution in [3.05, 3.63) is 69.2 Å². The first kappa shape index (κ1) is 23.3. The van der Waals surface area contributed by atoms with E-state index in [-0.39, 0.29) is 25.0 Å². The number of benzene rings is 2. The van der Waals surface area contributed by atoms with Crippen molar-refractivity contribution < 1.29 is 23.9 Å². The fourth-order valence-corrected chi connectivity index (χ4v) is 2.89. The van der Waals surface area contributed by atoms with E-state index >= 15 is 0 Å². The first-order valence-corrected chi connectivity index (χ1v) is 9.48. The normalized spacial score (nSPS) is 11.6. The molecule has 0 aromatic heterocycles. The number of nitrogens with zero attached hydrogens (tertiary/aromatic N) is 2. The van der Waals surface area contributed by atoms with Crippen LogP contribution in [-0.4, -0.2) is 39.0 Å². The van der Waals surface area contributed by atoms with E-state index in [0.29, 0.717) is 26.7 Å². The molecule has 0 atom stereocenters. The zero-order valence-corrected chi connectivity index (χ0v) is 18.2. The van der Waals surface area contributed by atoms with Gasteiger partial charge in [-0.1, -0.05) is 58.7 Å². The standard InChI is InChI=1S/C20H21Cl2N3O5/c1-23-19(26)18(24-28-3)14-8-5-4-7-13(14)11-30-25-20(27-2)29-12-15-16(21)9-6-10-17(15)22/h4-10H,11-12H2,1-3H3,(H,23,26)/b24-18-,25-20+. The lowest BCUT2D eigenvalue weighted by molar-refractivity contribution is -0.114. The van der Waals surface area contributed by atoms with E-state index < -0.39 is 5.91 Å². The van der Waals surface area contributed by atoms with Gasteiger partial charge in [0.15, 0.2) is 5.71 Å². The van der Waals surface area contributed by atoms with Crippen LogP contribution in [0.5, 0.6) is 0 Å². The second kappa shape index (κ2) is 11.9. The van der Waals surface area contributed by atoms with Crippen molar-refractivity contribution in [3.63, 3.8) is 0 Å². The predicted octanol–water partition coefficient (Wildman–Crippen LogP) is 3.74. The molecule has 0 aliphatic carbocycles. The van der Waals surface area contributed by atoms with Crippen LogP contribution in [-0.2, 0) is 37.2 Å².